The van der Waals surface area contributed by atoms with E-state index in [0.717, 1.165) is 12.1 Å². The summed E-state index contributed by atoms with van der Waals surface area (Å²) in [4.78, 5) is 15.5. The van der Waals surface area contributed by atoms with Crippen LogP contribution in [-0.2, 0) is 14.8 Å². The molecule has 1 aliphatic heterocycles. The van der Waals surface area contributed by atoms with Crippen LogP contribution in [0.1, 0.15) is 12.8 Å². The first-order valence-corrected chi connectivity index (χ1v) is 8.43. The zero-order valence-electron chi connectivity index (χ0n) is 12.4. The molecule has 0 unspecified atom stereocenters. The minimum absolute atomic E-state index is 0.0923. The highest BCUT2D eigenvalue weighted by atomic mass is 32.2. The molecule has 0 radical (unpaired) electrons. The Labute approximate surface area is 125 Å². The third kappa shape index (κ3) is 4.03. The van der Waals surface area contributed by atoms with Crippen molar-refractivity contribution in [2.45, 2.75) is 17.7 Å². The van der Waals surface area contributed by atoms with Crippen molar-refractivity contribution in [1.29, 1.82) is 0 Å². The van der Waals surface area contributed by atoms with Gasteiger partial charge in [-0.25, -0.2) is 13.1 Å². The van der Waals surface area contributed by atoms with Gasteiger partial charge in [0.05, 0.1) is 4.90 Å². The van der Waals surface area contributed by atoms with Gasteiger partial charge in [0, 0.05) is 31.7 Å². The van der Waals surface area contributed by atoms with Crippen LogP contribution in [0.2, 0.25) is 0 Å². The van der Waals surface area contributed by atoms with Crippen molar-refractivity contribution < 1.29 is 13.2 Å². The second kappa shape index (κ2) is 6.55. The monoisotopic (exact) mass is 311 g/mol. The Morgan fingerprint density at radius 3 is 2.43 bits per heavy atom. The maximum Gasteiger partial charge on any atom is 0.240 e. The molecule has 1 aliphatic rings. The molecule has 0 aromatic heterocycles. The first-order chi connectivity index (χ1) is 9.90. The van der Waals surface area contributed by atoms with Gasteiger partial charge >= 0.3 is 0 Å². The highest BCUT2D eigenvalue weighted by molar-refractivity contribution is 7.89. The highest BCUT2D eigenvalue weighted by Gasteiger charge is 2.22. The molecule has 1 fully saturated rings. The minimum Gasteiger partial charge on any atom is -0.312 e. The van der Waals surface area contributed by atoms with Crippen LogP contribution in [0.25, 0.3) is 0 Å². The van der Waals surface area contributed by atoms with E-state index >= 15 is 0 Å². The van der Waals surface area contributed by atoms with E-state index in [1.807, 2.05) is 19.0 Å². The third-order valence-electron chi connectivity index (χ3n) is 3.38. The van der Waals surface area contributed by atoms with Gasteiger partial charge in [-0.15, -0.1) is 0 Å². The second-order valence-electron chi connectivity index (χ2n) is 5.34. The molecular formula is C14H21N3O3S. The number of carbonyl (C=O) groups is 1. The van der Waals surface area contributed by atoms with Crippen LogP contribution < -0.4 is 9.62 Å². The molecular weight excluding hydrogens is 290 g/mol. The van der Waals surface area contributed by atoms with Gasteiger partial charge in [-0.05, 0) is 44.8 Å². The quantitative estimate of drug-likeness (QED) is 0.837. The molecule has 0 bridgehead atoms. The Morgan fingerprint density at radius 1 is 1.24 bits per heavy atom. The van der Waals surface area contributed by atoms with Crippen molar-refractivity contribution in [3.05, 3.63) is 24.3 Å². The lowest BCUT2D eigenvalue weighted by Gasteiger charge is -2.16. The smallest absolute Gasteiger partial charge is 0.240 e. The number of nitrogens with one attached hydrogen (secondary N) is 1. The molecule has 21 heavy (non-hydrogen) atoms. The van der Waals surface area contributed by atoms with Gasteiger partial charge in [0.2, 0.25) is 15.9 Å². The SMILES string of the molecule is CN(C)CCNS(=O)(=O)c1ccc(N2CCCC2=O)cc1. The number of nitrogens with zero attached hydrogens (tertiary/aromatic N) is 2. The highest BCUT2D eigenvalue weighted by Crippen LogP contribution is 2.22. The maximum atomic E-state index is 12.1. The lowest BCUT2D eigenvalue weighted by Crippen LogP contribution is -2.31. The van der Waals surface area contributed by atoms with E-state index in [4.69, 9.17) is 0 Å². The van der Waals surface area contributed by atoms with Crippen molar-refractivity contribution in [2.75, 3.05) is 38.6 Å². The fourth-order valence-corrected chi connectivity index (χ4v) is 3.23. The zero-order chi connectivity index (χ0) is 15.5. The Bertz CT molecular complexity index is 596. The van der Waals surface area contributed by atoms with E-state index in [1.165, 1.54) is 0 Å². The first-order valence-electron chi connectivity index (χ1n) is 6.95. The van der Waals surface area contributed by atoms with Gasteiger partial charge in [-0.3, -0.25) is 4.79 Å². The molecule has 6 nitrogen and oxygen atoms in total. The Balaban J connectivity index is 2.05. The van der Waals surface area contributed by atoms with Crippen LogP contribution >= 0.6 is 0 Å². The summed E-state index contributed by atoms with van der Waals surface area (Å²) in [6.45, 7) is 1.70. The maximum absolute atomic E-state index is 12.1. The van der Waals surface area contributed by atoms with E-state index in [9.17, 15) is 13.2 Å². The number of sulfonamides is 1. The van der Waals surface area contributed by atoms with Gasteiger partial charge in [-0.2, -0.15) is 0 Å². The third-order valence-corrected chi connectivity index (χ3v) is 4.86. The fourth-order valence-electron chi connectivity index (χ4n) is 2.21. The van der Waals surface area contributed by atoms with Crippen LogP contribution in [0.3, 0.4) is 0 Å². The van der Waals surface area contributed by atoms with Crippen LogP contribution in [0.5, 0.6) is 0 Å². The molecule has 0 spiro atoms. The molecule has 1 aromatic carbocycles. The molecule has 116 valence electrons. The summed E-state index contributed by atoms with van der Waals surface area (Å²) in [5, 5.41) is 0. The summed E-state index contributed by atoms with van der Waals surface area (Å²) in [5.74, 6) is 0.0923. The summed E-state index contributed by atoms with van der Waals surface area (Å²) in [6.07, 6.45) is 1.41. The number of amides is 1. The summed E-state index contributed by atoms with van der Waals surface area (Å²) in [6, 6.07) is 6.45. The van der Waals surface area contributed by atoms with Gasteiger partial charge < -0.3 is 9.80 Å². The number of likely N-dealkylation sites (N-methyl/N-ethyl adjacent to an activating group) is 1. The largest absolute Gasteiger partial charge is 0.312 e. The number of hydrogen-bond donors (Lipinski definition) is 1. The molecule has 1 saturated heterocycles. The Morgan fingerprint density at radius 2 is 1.90 bits per heavy atom. The van der Waals surface area contributed by atoms with Crippen molar-refractivity contribution >= 4 is 21.6 Å². The average Bonchev–Trinajstić information content (AvgIpc) is 2.84. The molecule has 2 rings (SSSR count). The van der Waals surface area contributed by atoms with Crippen molar-refractivity contribution in [2.24, 2.45) is 0 Å². The van der Waals surface area contributed by atoms with Crippen molar-refractivity contribution in [1.82, 2.24) is 9.62 Å². The molecule has 7 heteroatoms. The van der Waals surface area contributed by atoms with E-state index in [2.05, 4.69) is 4.72 Å². The molecule has 1 N–H and O–H groups in total. The van der Waals surface area contributed by atoms with Crippen LogP contribution in [0.4, 0.5) is 5.69 Å². The first kappa shape index (κ1) is 15.9. The van der Waals surface area contributed by atoms with Gasteiger partial charge in [0.15, 0.2) is 0 Å². The van der Waals surface area contributed by atoms with Crippen molar-refractivity contribution in [3.63, 3.8) is 0 Å². The van der Waals surface area contributed by atoms with Gasteiger partial charge in [0.25, 0.3) is 0 Å². The number of anilines is 1. The Hall–Kier alpha value is -1.44. The molecule has 0 aliphatic carbocycles. The summed E-state index contributed by atoms with van der Waals surface area (Å²) < 4.78 is 26.8. The van der Waals surface area contributed by atoms with Gasteiger partial charge in [0.1, 0.15) is 0 Å². The molecule has 0 saturated carbocycles. The van der Waals surface area contributed by atoms with Crippen LogP contribution in [-0.4, -0.2) is 53.0 Å². The lowest BCUT2D eigenvalue weighted by atomic mass is 10.3. The predicted octanol–water partition coefficient (Wildman–Crippen LogP) is 0.653. The molecule has 1 heterocycles. The molecule has 1 aromatic rings. The zero-order valence-corrected chi connectivity index (χ0v) is 13.2. The standard InChI is InChI=1S/C14H21N3O3S/c1-16(2)11-9-15-21(19,20)13-7-5-12(6-8-13)17-10-3-4-14(17)18/h5-8,15H,3-4,9-11H2,1-2H3. The van der Waals surface area contributed by atoms with E-state index < -0.39 is 10.0 Å². The van der Waals surface area contributed by atoms with E-state index in [0.29, 0.717) is 26.1 Å². The normalized spacial score (nSPS) is 16.0. The van der Waals surface area contributed by atoms with E-state index in [-0.39, 0.29) is 10.8 Å². The average molecular weight is 311 g/mol. The minimum atomic E-state index is -3.49. The number of carbonyl (C=O) groups excluding carboxylic acids is 1. The number of benzene rings is 1. The van der Waals surface area contributed by atoms with E-state index in [1.54, 1.807) is 29.2 Å². The van der Waals surface area contributed by atoms with Crippen LogP contribution in [0, 0.1) is 0 Å². The lowest BCUT2D eigenvalue weighted by molar-refractivity contribution is -0.117. The summed E-state index contributed by atoms with van der Waals surface area (Å²) in [7, 11) is 0.280. The van der Waals surface area contributed by atoms with Gasteiger partial charge in [-0.1, -0.05) is 0 Å². The molecule has 1 amide bonds. The number of hydrogen-bond acceptors (Lipinski definition) is 4. The molecule has 0 atom stereocenters. The Kier molecular flexibility index (Phi) is 4.97. The fraction of sp³-hybridized carbons (Fsp3) is 0.500. The second-order valence-corrected chi connectivity index (χ2v) is 7.11. The van der Waals surface area contributed by atoms with Crippen molar-refractivity contribution in [3.8, 4) is 0 Å². The van der Waals surface area contributed by atoms with Crippen LogP contribution in [0.15, 0.2) is 29.2 Å². The predicted molar refractivity (Wildman–Crippen MR) is 81.8 cm³/mol. The topological polar surface area (TPSA) is 69.7 Å². The number of rotatable bonds is 6. The summed E-state index contributed by atoms with van der Waals surface area (Å²) >= 11 is 0. The summed E-state index contributed by atoms with van der Waals surface area (Å²) in [5.41, 5.74) is 0.754.